The van der Waals surface area contributed by atoms with Crippen LogP contribution in [0, 0.1) is 0 Å². The van der Waals surface area contributed by atoms with Crippen LogP contribution in [-0.2, 0) is 0 Å². The zero-order valence-electron chi connectivity index (χ0n) is 13.4. The van der Waals surface area contributed by atoms with Crippen molar-refractivity contribution >= 4 is 11.6 Å². The Bertz CT molecular complexity index is 819. The molecule has 2 nitrogen and oxygen atoms in total. The number of Topliss-reactive ketones (excluding diaryl/α,β-unsaturated/α-hetero) is 2. The molecule has 2 aromatic carbocycles. The molecule has 0 bridgehead atoms. The minimum atomic E-state index is -3.67. The Morgan fingerprint density at radius 2 is 1.40 bits per heavy atom. The van der Waals surface area contributed by atoms with Gasteiger partial charge in [-0.25, -0.2) is 0 Å². The third-order valence-corrected chi connectivity index (χ3v) is 3.44. The fraction of sp³-hybridized carbons (Fsp3) is 0.0476. The second-order valence-electron chi connectivity index (χ2n) is 5.20. The smallest absolute Gasteiger partial charge is 0.289 e. The maximum absolute atomic E-state index is 14.0. The Balaban J connectivity index is 2.18. The number of halogens is 2. The van der Waals surface area contributed by atoms with Crippen LogP contribution < -0.4 is 0 Å². The number of hydrogen-bond donors (Lipinski definition) is 0. The van der Waals surface area contributed by atoms with E-state index < -0.39 is 11.7 Å². The third kappa shape index (κ3) is 4.67. The van der Waals surface area contributed by atoms with Crippen molar-refractivity contribution in [3.8, 4) is 0 Å². The second-order valence-corrected chi connectivity index (χ2v) is 5.20. The summed E-state index contributed by atoms with van der Waals surface area (Å²) in [5, 5.41) is 0. The minimum Gasteiger partial charge on any atom is -0.289 e. The first-order valence-electron chi connectivity index (χ1n) is 7.55. The van der Waals surface area contributed by atoms with Crippen LogP contribution in [0.1, 0.15) is 20.7 Å². The first-order valence-corrected chi connectivity index (χ1v) is 7.55. The number of carbonyl (C=O) groups excluding carboxylic acids is 2. The van der Waals surface area contributed by atoms with Gasteiger partial charge in [0.15, 0.2) is 5.78 Å². The van der Waals surface area contributed by atoms with Crippen molar-refractivity contribution in [1.29, 1.82) is 0 Å². The molecule has 0 fully saturated rings. The molecule has 0 amide bonds. The molecule has 126 valence electrons. The highest BCUT2D eigenvalue weighted by molar-refractivity contribution is 6.10. The molecule has 4 heteroatoms. The largest absolute Gasteiger partial charge is 0.328 e. The lowest BCUT2D eigenvalue weighted by Crippen LogP contribution is -2.25. The van der Waals surface area contributed by atoms with Crippen molar-refractivity contribution in [3.05, 3.63) is 108 Å². The number of ketones is 2. The van der Waals surface area contributed by atoms with Gasteiger partial charge in [-0.3, -0.25) is 9.59 Å². The molecule has 0 saturated heterocycles. The zero-order chi connectivity index (χ0) is 18.3. The molecular weight excluding hydrogens is 322 g/mol. The number of benzene rings is 2. The van der Waals surface area contributed by atoms with Crippen LogP contribution in [0.5, 0.6) is 0 Å². The number of carbonyl (C=O) groups is 2. The van der Waals surface area contributed by atoms with Gasteiger partial charge in [0.05, 0.1) is 0 Å². The van der Waals surface area contributed by atoms with E-state index in [0.29, 0.717) is 11.6 Å². The van der Waals surface area contributed by atoms with Crippen LogP contribution in [0.4, 0.5) is 8.78 Å². The summed E-state index contributed by atoms with van der Waals surface area (Å²) in [6.07, 6.45) is 3.98. The van der Waals surface area contributed by atoms with Crippen LogP contribution in [0.3, 0.4) is 0 Å². The lowest BCUT2D eigenvalue weighted by Gasteiger charge is -2.10. The fourth-order valence-electron chi connectivity index (χ4n) is 2.12. The molecule has 0 aliphatic heterocycles. The molecule has 0 aromatic heterocycles. The van der Waals surface area contributed by atoms with Gasteiger partial charge in [-0.05, 0) is 6.08 Å². The van der Waals surface area contributed by atoms with Gasteiger partial charge in [-0.2, -0.15) is 8.78 Å². The van der Waals surface area contributed by atoms with Crippen molar-refractivity contribution in [2.24, 2.45) is 0 Å². The number of hydrogen-bond acceptors (Lipinski definition) is 2. The Morgan fingerprint density at radius 1 is 0.880 bits per heavy atom. The SMILES string of the molecule is C=C/C(=C\C=C\C(F)(F)C(=O)c1ccccc1)C(=O)c1ccccc1. The highest BCUT2D eigenvalue weighted by Crippen LogP contribution is 2.22. The molecule has 0 unspecified atom stereocenters. The average molecular weight is 338 g/mol. The molecule has 0 N–H and O–H groups in total. The monoisotopic (exact) mass is 338 g/mol. The van der Waals surface area contributed by atoms with Crippen molar-refractivity contribution in [1.82, 2.24) is 0 Å². The molecule has 0 radical (unpaired) electrons. The van der Waals surface area contributed by atoms with E-state index in [1.165, 1.54) is 36.4 Å². The van der Waals surface area contributed by atoms with Crippen LogP contribution >= 0.6 is 0 Å². The molecule has 2 rings (SSSR count). The van der Waals surface area contributed by atoms with Gasteiger partial charge in [0.2, 0.25) is 5.78 Å². The van der Waals surface area contributed by atoms with Gasteiger partial charge in [0.1, 0.15) is 0 Å². The molecule has 25 heavy (non-hydrogen) atoms. The predicted molar refractivity (Wildman–Crippen MR) is 93.9 cm³/mol. The summed E-state index contributed by atoms with van der Waals surface area (Å²) in [6.45, 7) is 3.53. The Kier molecular flexibility index (Phi) is 5.90. The van der Waals surface area contributed by atoms with Crippen molar-refractivity contribution in [3.63, 3.8) is 0 Å². The van der Waals surface area contributed by atoms with E-state index in [9.17, 15) is 18.4 Å². The normalized spacial score (nSPS) is 12.2. The first kappa shape index (κ1) is 18.2. The van der Waals surface area contributed by atoms with Gasteiger partial charge >= 0.3 is 5.92 Å². The molecule has 0 saturated carbocycles. The number of alkyl halides is 2. The lowest BCUT2D eigenvalue weighted by molar-refractivity contribution is 0.0381. The molecule has 0 heterocycles. The maximum Gasteiger partial charge on any atom is 0.328 e. The summed E-state index contributed by atoms with van der Waals surface area (Å²) >= 11 is 0. The molecular formula is C21H16F2O2. The van der Waals surface area contributed by atoms with Crippen molar-refractivity contribution in [2.45, 2.75) is 5.92 Å². The van der Waals surface area contributed by atoms with Gasteiger partial charge in [-0.1, -0.05) is 85.5 Å². The summed E-state index contributed by atoms with van der Waals surface area (Å²) in [5.74, 6) is -5.30. The van der Waals surface area contributed by atoms with E-state index in [1.807, 2.05) is 0 Å². The quantitative estimate of drug-likeness (QED) is 0.402. The van der Waals surface area contributed by atoms with E-state index in [-0.39, 0.29) is 16.9 Å². The van der Waals surface area contributed by atoms with Crippen LogP contribution in [0.15, 0.2) is 97.1 Å². The summed E-state index contributed by atoms with van der Waals surface area (Å²) < 4.78 is 28.0. The standard InChI is InChI=1S/C21H16F2O2/c1-2-16(19(24)17-10-5-3-6-11-17)14-9-15-21(22,23)20(25)18-12-7-4-8-13-18/h2-15H,1H2/b15-9+,16-14+. The predicted octanol–water partition coefficient (Wildman–Crippen LogP) is 5.06. The van der Waals surface area contributed by atoms with Crippen LogP contribution in [-0.4, -0.2) is 17.5 Å². The number of allylic oxidation sites excluding steroid dienone is 5. The van der Waals surface area contributed by atoms with Crippen LogP contribution in [0.2, 0.25) is 0 Å². The summed E-state index contributed by atoms with van der Waals surface area (Å²) in [7, 11) is 0. The third-order valence-electron chi connectivity index (χ3n) is 3.44. The summed E-state index contributed by atoms with van der Waals surface area (Å²) in [4.78, 5) is 24.1. The highest BCUT2D eigenvalue weighted by atomic mass is 19.3. The second kappa shape index (κ2) is 8.11. The maximum atomic E-state index is 14.0. The molecule has 0 aliphatic carbocycles. The Morgan fingerprint density at radius 3 is 1.92 bits per heavy atom. The summed E-state index contributed by atoms with van der Waals surface area (Å²) in [5.41, 5.74) is 0.505. The van der Waals surface area contributed by atoms with E-state index in [4.69, 9.17) is 0 Å². The first-order chi connectivity index (χ1) is 12.0. The lowest BCUT2D eigenvalue weighted by atomic mass is 10.0. The molecule has 2 aromatic rings. The van der Waals surface area contributed by atoms with Gasteiger partial charge in [0, 0.05) is 16.7 Å². The van der Waals surface area contributed by atoms with Crippen molar-refractivity contribution in [2.75, 3.05) is 0 Å². The molecule has 0 spiro atoms. The zero-order valence-corrected chi connectivity index (χ0v) is 13.4. The van der Waals surface area contributed by atoms with E-state index >= 15 is 0 Å². The minimum absolute atomic E-state index is 0.0783. The summed E-state index contributed by atoms with van der Waals surface area (Å²) in [6, 6.07) is 15.7. The van der Waals surface area contributed by atoms with E-state index in [0.717, 1.165) is 6.08 Å². The van der Waals surface area contributed by atoms with Crippen LogP contribution in [0.25, 0.3) is 0 Å². The molecule has 0 atom stereocenters. The molecule has 0 aliphatic rings. The highest BCUT2D eigenvalue weighted by Gasteiger charge is 2.35. The van der Waals surface area contributed by atoms with E-state index in [2.05, 4.69) is 6.58 Å². The van der Waals surface area contributed by atoms with Gasteiger partial charge < -0.3 is 0 Å². The van der Waals surface area contributed by atoms with Crippen molar-refractivity contribution < 1.29 is 18.4 Å². The Labute approximate surface area is 144 Å². The van der Waals surface area contributed by atoms with Gasteiger partial charge in [0.25, 0.3) is 0 Å². The van der Waals surface area contributed by atoms with E-state index in [1.54, 1.807) is 36.4 Å². The number of rotatable bonds is 7. The Hall–Kier alpha value is -3.14. The fourth-order valence-corrected chi connectivity index (χ4v) is 2.12. The van der Waals surface area contributed by atoms with Gasteiger partial charge in [-0.15, -0.1) is 0 Å². The topological polar surface area (TPSA) is 34.1 Å². The average Bonchev–Trinajstić information content (AvgIpc) is 2.65.